The Morgan fingerprint density at radius 1 is 1.25 bits per heavy atom. The first-order valence-electron chi connectivity index (χ1n) is 7.26. The van der Waals surface area contributed by atoms with Crippen molar-refractivity contribution in [3.8, 4) is 6.07 Å². The molecular formula is C14H23F3N3+. The molecule has 2 fully saturated rings. The highest BCUT2D eigenvalue weighted by molar-refractivity contribution is 5.03. The summed E-state index contributed by atoms with van der Waals surface area (Å²) in [5.74, 6) is 0.0435. The van der Waals surface area contributed by atoms with E-state index in [2.05, 4.69) is 15.8 Å². The minimum atomic E-state index is -4.14. The highest BCUT2D eigenvalue weighted by atomic mass is 19.4. The molecule has 1 saturated heterocycles. The summed E-state index contributed by atoms with van der Waals surface area (Å²) in [7, 11) is 3.59. The van der Waals surface area contributed by atoms with Gasteiger partial charge in [0.25, 0.3) is 13.1 Å². The predicted molar refractivity (Wildman–Crippen MR) is 73.0 cm³/mol. The van der Waals surface area contributed by atoms with Gasteiger partial charge < -0.3 is 4.90 Å². The van der Waals surface area contributed by atoms with Gasteiger partial charge in [0.1, 0.15) is 5.92 Å². The van der Waals surface area contributed by atoms with Crippen LogP contribution in [0.5, 0.6) is 0 Å². The van der Waals surface area contributed by atoms with Gasteiger partial charge in [-0.2, -0.15) is 13.2 Å². The summed E-state index contributed by atoms with van der Waals surface area (Å²) in [5, 5.41) is 0. The molecule has 114 valence electrons. The van der Waals surface area contributed by atoms with Gasteiger partial charge in [-0.3, -0.25) is 4.90 Å². The van der Waals surface area contributed by atoms with Crippen LogP contribution in [0.15, 0.2) is 0 Å². The molecule has 2 aliphatic rings. The fourth-order valence-corrected chi connectivity index (χ4v) is 3.42. The van der Waals surface area contributed by atoms with Crippen LogP contribution in [0.25, 0.3) is 4.85 Å². The van der Waals surface area contributed by atoms with E-state index in [1.54, 1.807) is 11.9 Å². The van der Waals surface area contributed by atoms with E-state index < -0.39 is 12.7 Å². The van der Waals surface area contributed by atoms with E-state index in [0.29, 0.717) is 0 Å². The molecule has 1 heterocycles. The molecule has 6 heteroatoms. The zero-order valence-electron chi connectivity index (χ0n) is 12.2. The zero-order chi connectivity index (χ0) is 14.8. The number of likely N-dealkylation sites (tertiary alicyclic amines) is 1. The smallest absolute Gasteiger partial charge is 0.303 e. The van der Waals surface area contributed by atoms with E-state index in [4.69, 9.17) is 0 Å². The molecule has 0 spiro atoms. The second-order valence-electron chi connectivity index (χ2n) is 5.97. The maximum atomic E-state index is 12.9. The quantitative estimate of drug-likeness (QED) is 0.791. The Labute approximate surface area is 118 Å². The molecule has 2 atom stereocenters. The summed E-state index contributed by atoms with van der Waals surface area (Å²) >= 11 is 0. The van der Waals surface area contributed by atoms with E-state index in [-0.39, 0.29) is 18.0 Å². The lowest BCUT2D eigenvalue weighted by Crippen LogP contribution is -2.63. The largest absolute Gasteiger partial charge is 0.401 e. The van der Waals surface area contributed by atoms with Gasteiger partial charge in [0.05, 0.1) is 6.54 Å². The molecule has 0 N–H and O–H groups in total. The third-order valence-electron chi connectivity index (χ3n) is 4.33. The van der Waals surface area contributed by atoms with Crippen LogP contribution in [0.2, 0.25) is 0 Å². The Hall–Kier alpha value is -0.800. The predicted octanol–water partition coefficient (Wildman–Crippen LogP) is 2.69. The molecule has 3 nitrogen and oxygen atoms in total. The second kappa shape index (κ2) is 6.31. The minimum absolute atomic E-state index is 0.0193. The van der Waals surface area contributed by atoms with Crippen molar-refractivity contribution in [1.82, 2.24) is 9.80 Å². The summed E-state index contributed by atoms with van der Waals surface area (Å²) < 4.78 is 38.7. The molecule has 0 amide bonds. The van der Waals surface area contributed by atoms with Crippen molar-refractivity contribution in [3.63, 3.8) is 0 Å². The third kappa shape index (κ3) is 3.86. The lowest BCUT2D eigenvalue weighted by atomic mass is 9.83. The average Bonchev–Trinajstić information content (AvgIpc) is 2.33. The molecule has 1 aliphatic heterocycles. The number of hydrogen-bond donors (Lipinski definition) is 0. The molecule has 0 radical (unpaired) electrons. The molecule has 0 bridgehead atoms. The Bertz CT molecular complexity index is 379. The number of alkyl halides is 3. The molecule has 0 aromatic carbocycles. The lowest BCUT2D eigenvalue weighted by Gasteiger charge is -2.48. The summed E-state index contributed by atoms with van der Waals surface area (Å²) in [6.45, 7) is 0.642. The molecule has 0 aromatic heterocycles. The van der Waals surface area contributed by atoms with Crippen LogP contribution in [-0.4, -0.2) is 61.8 Å². The second-order valence-corrected chi connectivity index (χ2v) is 5.97. The highest BCUT2D eigenvalue weighted by Gasteiger charge is 2.44. The van der Waals surface area contributed by atoms with Crippen molar-refractivity contribution in [3.05, 3.63) is 4.85 Å². The lowest BCUT2D eigenvalue weighted by molar-refractivity contribution is -0.167. The molecule has 0 aromatic rings. The van der Waals surface area contributed by atoms with Gasteiger partial charge in [0.15, 0.2) is 0 Å². The number of nitrogens with zero attached hydrogens (tertiary/aromatic N) is 3. The van der Waals surface area contributed by atoms with Crippen molar-refractivity contribution < 1.29 is 13.2 Å². The van der Waals surface area contributed by atoms with E-state index in [1.807, 2.05) is 7.05 Å². The SMILES string of the molecule is C[N+]#CC1CCCC[C@@H]1N(CC(F)(F)F)C1CN(C)C1. The standard InChI is InChI=1S/C14H23F3N3/c1-18-7-11-5-3-4-6-13(11)20(10-14(15,16)17)12-8-19(2)9-12/h11-13H,3-6,8-10H2,1-2H3/q+1/t11?,13-/m0/s1. The van der Waals surface area contributed by atoms with Gasteiger partial charge in [0, 0.05) is 25.2 Å². The topological polar surface area (TPSA) is 10.8 Å². The van der Waals surface area contributed by atoms with Crippen LogP contribution >= 0.6 is 0 Å². The molecular weight excluding hydrogens is 267 g/mol. The fourth-order valence-electron chi connectivity index (χ4n) is 3.42. The van der Waals surface area contributed by atoms with Crippen LogP contribution in [0.1, 0.15) is 25.7 Å². The van der Waals surface area contributed by atoms with Gasteiger partial charge in [-0.15, -0.1) is 0 Å². The first kappa shape index (κ1) is 15.6. The minimum Gasteiger partial charge on any atom is -0.303 e. The number of likely N-dealkylation sites (N-methyl/N-ethyl adjacent to an activating group) is 1. The van der Waals surface area contributed by atoms with E-state index in [0.717, 1.165) is 38.8 Å². The maximum Gasteiger partial charge on any atom is 0.401 e. The Morgan fingerprint density at radius 3 is 2.45 bits per heavy atom. The van der Waals surface area contributed by atoms with Gasteiger partial charge >= 0.3 is 6.18 Å². The molecule has 20 heavy (non-hydrogen) atoms. The van der Waals surface area contributed by atoms with Crippen LogP contribution in [-0.2, 0) is 0 Å². The monoisotopic (exact) mass is 290 g/mol. The number of halogens is 3. The Kier molecular flexibility index (Phi) is 4.92. The highest BCUT2D eigenvalue weighted by Crippen LogP contribution is 2.33. The molecule has 1 unspecified atom stereocenters. The summed E-state index contributed by atoms with van der Waals surface area (Å²) in [4.78, 5) is 7.67. The summed E-state index contributed by atoms with van der Waals surface area (Å²) in [6.07, 6.45) is -0.348. The van der Waals surface area contributed by atoms with Crippen LogP contribution in [0, 0.1) is 12.0 Å². The van der Waals surface area contributed by atoms with Crippen molar-refractivity contribution >= 4 is 0 Å². The molecule has 2 rings (SSSR count). The van der Waals surface area contributed by atoms with Crippen molar-refractivity contribution in [2.45, 2.75) is 43.9 Å². The Morgan fingerprint density at radius 2 is 1.90 bits per heavy atom. The van der Waals surface area contributed by atoms with Crippen molar-refractivity contribution in [1.29, 1.82) is 0 Å². The first-order chi connectivity index (χ1) is 9.40. The van der Waals surface area contributed by atoms with Crippen LogP contribution in [0.3, 0.4) is 0 Å². The fraction of sp³-hybridized carbons (Fsp3) is 0.929. The zero-order valence-corrected chi connectivity index (χ0v) is 12.2. The normalized spacial score (nSPS) is 28.9. The van der Waals surface area contributed by atoms with E-state index >= 15 is 0 Å². The average molecular weight is 290 g/mol. The summed E-state index contributed by atoms with van der Waals surface area (Å²) in [6, 6.07) is 2.97. The number of hydrogen-bond acceptors (Lipinski definition) is 2. The van der Waals surface area contributed by atoms with E-state index in [9.17, 15) is 13.2 Å². The van der Waals surface area contributed by atoms with Gasteiger partial charge in [-0.05, 0) is 19.9 Å². The third-order valence-corrected chi connectivity index (χ3v) is 4.33. The summed E-state index contributed by atoms with van der Waals surface area (Å²) in [5.41, 5.74) is 0. The van der Waals surface area contributed by atoms with Crippen LogP contribution in [0.4, 0.5) is 13.2 Å². The number of rotatable bonds is 3. The molecule has 1 saturated carbocycles. The Balaban J connectivity index is 2.12. The van der Waals surface area contributed by atoms with Gasteiger partial charge in [0.2, 0.25) is 0 Å². The molecule has 1 aliphatic carbocycles. The van der Waals surface area contributed by atoms with E-state index in [1.165, 1.54) is 0 Å². The first-order valence-corrected chi connectivity index (χ1v) is 7.26. The van der Waals surface area contributed by atoms with Crippen molar-refractivity contribution in [2.75, 3.05) is 33.7 Å². The van der Waals surface area contributed by atoms with Crippen molar-refractivity contribution in [2.24, 2.45) is 5.92 Å². The maximum absolute atomic E-state index is 12.9. The van der Waals surface area contributed by atoms with Gasteiger partial charge in [-0.1, -0.05) is 17.7 Å². The van der Waals surface area contributed by atoms with Gasteiger partial charge in [-0.25, -0.2) is 0 Å². The van der Waals surface area contributed by atoms with Crippen LogP contribution < -0.4 is 0 Å².